The third-order valence-corrected chi connectivity index (χ3v) is 3.62. The zero-order valence-electron chi connectivity index (χ0n) is 15.3. The number of hydrogen-bond donors (Lipinski definition) is 3. The van der Waals surface area contributed by atoms with E-state index in [1.807, 2.05) is 19.9 Å². The fraction of sp³-hybridized carbons (Fsp3) is 0.579. The minimum absolute atomic E-state index is 0.0635. The topological polar surface area (TPSA) is 65.5 Å². The van der Waals surface area contributed by atoms with E-state index in [4.69, 9.17) is 0 Å². The average Bonchev–Trinajstić information content (AvgIpc) is 2.59. The smallest absolute Gasteiger partial charge is 0.221 e. The molecule has 0 radical (unpaired) electrons. The first kappa shape index (κ1) is 20.0. The van der Waals surface area contributed by atoms with Crippen molar-refractivity contribution in [3.63, 3.8) is 0 Å². The Hall–Kier alpha value is -2.04. The number of aryl methyl sites for hydroxylation is 1. The van der Waals surface area contributed by atoms with Crippen LogP contribution in [0.5, 0.6) is 0 Å². The Morgan fingerprint density at radius 3 is 2.58 bits per heavy atom. The summed E-state index contributed by atoms with van der Waals surface area (Å²) in [5.74, 6) is 0.843. The molecule has 0 aliphatic rings. The van der Waals surface area contributed by atoms with Crippen LogP contribution in [-0.4, -0.2) is 37.5 Å². The van der Waals surface area contributed by atoms with Gasteiger partial charge in [0.25, 0.3) is 0 Å². The van der Waals surface area contributed by atoms with Crippen molar-refractivity contribution in [1.82, 2.24) is 16.0 Å². The minimum atomic E-state index is 0.0635. The first-order chi connectivity index (χ1) is 11.7. The van der Waals surface area contributed by atoms with Gasteiger partial charge in [0.2, 0.25) is 5.91 Å². The summed E-state index contributed by atoms with van der Waals surface area (Å²) in [5, 5.41) is 9.52. The number of carbonyl (C=O) groups excluding carboxylic acids is 1. The molecule has 1 aromatic rings. The molecule has 1 amide bonds. The van der Waals surface area contributed by atoms with E-state index in [1.54, 1.807) is 0 Å². The van der Waals surface area contributed by atoms with Gasteiger partial charge >= 0.3 is 0 Å². The van der Waals surface area contributed by atoms with Crippen LogP contribution >= 0.6 is 0 Å². The van der Waals surface area contributed by atoms with E-state index in [2.05, 4.69) is 52.1 Å². The van der Waals surface area contributed by atoms with Gasteiger partial charge in [-0.2, -0.15) is 0 Å². The summed E-state index contributed by atoms with van der Waals surface area (Å²) in [4.78, 5) is 16.1. The highest BCUT2D eigenvalue weighted by molar-refractivity contribution is 5.81. The molecule has 0 fully saturated rings. The van der Waals surface area contributed by atoms with Gasteiger partial charge in [-0.1, -0.05) is 37.3 Å². The van der Waals surface area contributed by atoms with Gasteiger partial charge in [-0.15, -0.1) is 0 Å². The van der Waals surface area contributed by atoms with Gasteiger partial charge in [-0.25, -0.2) is 0 Å². The molecule has 0 bridgehead atoms. The van der Waals surface area contributed by atoms with Gasteiger partial charge < -0.3 is 16.0 Å². The molecule has 0 heterocycles. The van der Waals surface area contributed by atoms with Crippen LogP contribution in [0.1, 0.15) is 45.6 Å². The number of carbonyl (C=O) groups is 1. The maximum Gasteiger partial charge on any atom is 0.221 e. The largest absolute Gasteiger partial charge is 0.357 e. The number of rotatable bonds is 10. The molecule has 1 atom stereocenters. The van der Waals surface area contributed by atoms with Crippen LogP contribution in [-0.2, 0) is 11.2 Å². The molecule has 0 saturated heterocycles. The van der Waals surface area contributed by atoms with Crippen LogP contribution in [0.2, 0.25) is 0 Å². The molecule has 24 heavy (non-hydrogen) atoms. The van der Waals surface area contributed by atoms with Crippen LogP contribution in [0.15, 0.2) is 35.3 Å². The van der Waals surface area contributed by atoms with Crippen molar-refractivity contribution < 1.29 is 4.79 Å². The SMILES string of the molecule is CCCNC(=O)CCN=C(NCC)NC(C)CCc1ccccc1. The van der Waals surface area contributed by atoms with Crippen molar-refractivity contribution in [3.8, 4) is 0 Å². The highest BCUT2D eigenvalue weighted by Gasteiger charge is 2.06. The molecule has 1 unspecified atom stereocenters. The van der Waals surface area contributed by atoms with Gasteiger partial charge in [-0.05, 0) is 38.7 Å². The lowest BCUT2D eigenvalue weighted by molar-refractivity contribution is -0.120. The first-order valence-electron chi connectivity index (χ1n) is 9.01. The molecule has 0 spiro atoms. The standard InChI is InChI=1S/C19H32N4O/c1-4-14-21-18(24)13-15-22-19(20-5-2)23-16(3)11-12-17-9-7-6-8-10-17/h6-10,16H,4-5,11-15H2,1-3H3,(H,21,24)(H2,20,22,23). The number of nitrogens with one attached hydrogen (secondary N) is 3. The molecule has 0 aliphatic carbocycles. The second-order valence-corrected chi connectivity index (χ2v) is 5.93. The van der Waals surface area contributed by atoms with Crippen LogP contribution in [0.3, 0.4) is 0 Å². The Labute approximate surface area is 146 Å². The molecule has 134 valence electrons. The third-order valence-electron chi connectivity index (χ3n) is 3.62. The minimum Gasteiger partial charge on any atom is -0.357 e. The van der Waals surface area contributed by atoms with Crippen molar-refractivity contribution in [2.75, 3.05) is 19.6 Å². The first-order valence-corrected chi connectivity index (χ1v) is 9.01. The summed E-state index contributed by atoms with van der Waals surface area (Å²) >= 11 is 0. The number of hydrogen-bond acceptors (Lipinski definition) is 2. The fourth-order valence-corrected chi connectivity index (χ4v) is 2.28. The monoisotopic (exact) mass is 332 g/mol. The maximum atomic E-state index is 11.6. The average molecular weight is 332 g/mol. The van der Waals surface area contributed by atoms with E-state index in [0.29, 0.717) is 19.0 Å². The summed E-state index contributed by atoms with van der Waals surface area (Å²) in [6.07, 6.45) is 3.45. The number of amides is 1. The highest BCUT2D eigenvalue weighted by atomic mass is 16.1. The van der Waals surface area contributed by atoms with E-state index in [0.717, 1.165) is 38.3 Å². The zero-order valence-corrected chi connectivity index (χ0v) is 15.3. The highest BCUT2D eigenvalue weighted by Crippen LogP contribution is 2.04. The number of aliphatic imine (C=N–C) groups is 1. The Kier molecular flexibility index (Phi) is 10.3. The summed E-state index contributed by atoms with van der Waals surface area (Å²) in [7, 11) is 0. The van der Waals surface area contributed by atoms with Gasteiger partial charge in [0, 0.05) is 25.6 Å². The quantitative estimate of drug-likeness (QED) is 0.455. The number of benzene rings is 1. The van der Waals surface area contributed by atoms with Crippen molar-refractivity contribution in [2.24, 2.45) is 4.99 Å². The zero-order chi connectivity index (χ0) is 17.6. The van der Waals surface area contributed by atoms with Crippen molar-refractivity contribution in [1.29, 1.82) is 0 Å². The van der Waals surface area contributed by atoms with Crippen molar-refractivity contribution in [2.45, 2.75) is 52.5 Å². The molecule has 0 aromatic heterocycles. The Morgan fingerprint density at radius 1 is 1.17 bits per heavy atom. The van der Waals surface area contributed by atoms with E-state index in [-0.39, 0.29) is 5.91 Å². The molecule has 5 nitrogen and oxygen atoms in total. The summed E-state index contributed by atoms with van der Waals surface area (Å²) in [6, 6.07) is 10.8. The van der Waals surface area contributed by atoms with Gasteiger partial charge in [0.05, 0.1) is 6.54 Å². The van der Waals surface area contributed by atoms with Crippen molar-refractivity contribution >= 4 is 11.9 Å². The molecule has 3 N–H and O–H groups in total. The number of guanidine groups is 1. The van der Waals surface area contributed by atoms with Crippen LogP contribution in [0, 0.1) is 0 Å². The van der Waals surface area contributed by atoms with Crippen LogP contribution in [0.25, 0.3) is 0 Å². The predicted molar refractivity (Wildman–Crippen MR) is 101 cm³/mol. The molecule has 0 aliphatic heterocycles. The van der Waals surface area contributed by atoms with Crippen molar-refractivity contribution in [3.05, 3.63) is 35.9 Å². The van der Waals surface area contributed by atoms with E-state index in [9.17, 15) is 4.79 Å². The van der Waals surface area contributed by atoms with Gasteiger partial charge in [0.1, 0.15) is 0 Å². The van der Waals surface area contributed by atoms with Crippen LogP contribution < -0.4 is 16.0 Å². The normalized spacial score (nSPS) is 12.5. The molecule has 5 heteroatoms. The van der Waals surface area contributed by atoms with E-state index >= 15 is 0 Å². The predicted octanol–water partition coefficient (Wildman–Crippen LogP) is 2.48. The fourth-order valence-electron chi connectivity index (χ4n) is 2.28. The van der Waals surface area contributed by atoms with Gasteiger partial charge in [-0.3, -0.25) is 9.79 Å². The summed E-state index contributed by atoms with van der Waals surface area (Å²) in [6.45, 7) is 8.28. The molecular formula is C19H32N4O. The van der Waals surface area contributed by atoms with E-state index in [1.165, 1.54) is 5.56 Å². The van der Waals surface area contributed by atoms with Gasteiger partial charge in [0.15, 0.2) is 5.96 Å². The second kappa shape index (κ2) is 12.4. The summed E-state index contributed by atoms with van der Waals surface area (Å²) < 4.78 is 0. The lowest BCUT2D eigenvalue weighted by Gasteiger charge is -2.18. The maximum absolute atomic E-state index is 11.6. The Bertz CT molecular complexity index is 487. The Morgan fingerprint density at radius 2 is 1.92 bits per heavy atom. The molecule has 0 saturated carbocycles. The molecule has 1 aromatic carbocycles. The lowest BCUT2D eigenvalue weighted by Crippen LogP contribution is -2.42. The third kappa shape index (κ3) is 9.18. The van der Waals surface area contributed by atoms with Crippen LogP contribution in [0.4, 0.5) is 0 Å². The number of nitrogens with zero attached hydrogens (tertiary/aromatic N) is 1. The summed E-state index contributed by atoms with van der Waals surface area (Å²) in [5.41, 5.74) is 1.35. The molecule has 1 rings (SSSR count). The molecular weight excluding hydrogens is 300 g/mol. The van der Waals surface area contributed by atoms with E-state index < -0.39 is 0 Å². The second-order valence-electron chi connectivity index (χ2n) is 5.93. The Balaban J connectivity index is 2.37. The lowest BCUT2D eigenvalue weighted by atomic mass is 10.1.